The summed E-state index contributed by atoms with van der Waals surface area (Å²) in [5.74, 6) is -12.2. The van der Waals surface area contributed by atoms with Gasteiger partial charge in [0.05, 0.1) is 238 Å². The van der Waals surface area contributed by atoms with Crippen LogP contribution < -0.4 is 42.5 Å². The van der Waals surface area contributed by atoms with E-state index >= 15 is 9.59 Å². The number of hydrogen-bond donors (Lipinski definition) is 10. The van der Waals surface area contributed by atoms with Crippen LogP contribution in [0, 0.1) is 0 Å². The third-order valence-corrected chi connectivity index (χ3v) is 17.7. The summed E-state index contributed by atoms with van der Waals surface area (Å²) in [7, 11) is 3.23. The number of ether oxygens (including phenoxy) is 20. The van der Waals surface area contributed by atoms with Crippen LogP contribution in [-0.2, 0) is 162 Å². The maximum atomic E-state index is 15.1. The highest BCUT2D eigenvalue weighted by Gasteiger charge is 2.40. The second-order valence-corrected chi connectivity index (χ2v) is 27.9. The van der Waals surface area contributed by atoms with E-state index in [1.54, 1.807) is 14.2 Å². The molecule has 2 rings (SSSR count). The van der Waals surface area contributed by atoms with Crippen molar-refractivity contribution in [3.8, 4) is 0 Å². The molecule has 0 aromatic heterocycles. The summed E-state index contributed by atoms with van der Waals surface area (Å²) < 4.78 is 108. The van der Waals surface area contributed by atoms with E-state index < -0.39 is 120 Å². The van der Waals surface area contributed by atoms with Gasteiger partial charge in [0.1, 0.15) is 37.4 Å². The van der Waals surface area contributed by atoms with Gasteiger partial charge in [-0.3, -0.25) is 76.9 Å². The summed E-state index contributed by atoms with van der Waals surface area (Å²) in [6, 6.07) is -7.42. The van der Waals surface area contributed by atoms with Crippen LogP contribution in [0.25, 0.3) is 0 Å². The molecule has 10 N–H and O–H groups in total. The molecule has 0 saturated carbocycles. The highest BCUT2D eigenvalue weighted by atomic mass is 16.6. The van der Waals surface area contributed by atoms with Crippen LogP contribution in [-0.4, -0.2) is 432 Å². The number of amides is 12. The van der Waals surface area contributed by atoms with E-state index in [4.69, 9.17) is 94.7 Å². The van der Waals surface area contributed by atoms with E-state index in [9.17, 15) is 67.7 Å². The number of carboxylic acids is 2. The monoisotopic (exact) mass is 1840 g/mol. The van der Waals surface area contributed by atoms with Gasteiger partial charge >= 0.3 is 11.9 Å². The van der Waals surface area contributed by atoms with Crippen molar-refractivity contribution < 1.29 is 172 Å². The van der Waals surface area contributed by atoms with Crippen LogP contribution in [0.2, 0.25) is 0 Å². The Kier molecular flexibility index (Phi) is 74.0. The Morgan fingerprint density at radius 2 is 0.492 bits per heavy atom. The second-order valence-electron chi connectivity index (χ2n) is 27.9. The van der Waals surface area contributed by atoms with Crippen molar-refractivity contribution in [2.24, 2.45) is 0 Å². The number of aliphatic carboxylic acids is 2. The maximum absolute atomic E-state index is 15.1. The van der Waals surface area contributed by atoms with Gasteiger partial charge in [-0.2, -0.15) is 0 Å². The Bertz CT molecular complexity index is 2880. The number of carbonyl (C=O) groups excluding carboxylic acids is 12. The zero-order chi connectivity index (χ0) is 93.2. The van der Waals surface area contributed by atoms with Gasteiger partial charge in [0.2, 0.25) is 47.3 Å². The van der Waals surface area contributed by atoms with Crippen molar-refractivity contribution in [3.63, 3.8) is 0 Å². The summed E-state index contributed by atoms with van der Waals surface area (Å²) in [5, 5.41) is 39.2. The van der Waals surface area contributed by atoms with Crippen LogP contribution in [0.5, 0.6) is 0 Å². The van der Waals surface area contributed by atoms with E-state index in [-0.39, 0.29) is 182 Å². The van der Waals surface area contributed by atoms with E-state index in [0.717, 1.165) is 34.1 Å². The maximum Gasteiger partial charge on any atom is 0.303 e. The molecule has 2 aliphatic heterocycles. The number of methoxy groups -OCH3 is 2. The molecule has 0 aliphatic carbocycles. The number of nitrogens with one attached hydrogen (secondary N) is 8. The summed E-state index contributed by atoms with van der Waals surface area (Å²) in [5.41, 5.74) is 0. The van der Waals surface area contributed by atoms with Gasteiger partial charge in [-0.1, -0.05) is 0 Å². The van der Waals surface area contributed by atoms with Gasteiger partial charge in [-0.05, 0) is 64.2 Å². The zero-order valence-corrected chi connectivity index (χ0v) is 74.3. The fraction of sp³-hybridized carbons (Fsp3) is 0.780. The predicted molar refractivity (Wildman–Crippen MR) is 450 cm³/mol. The number of nitrogens with zero attached hydrogens (tertiary/aromatic N) is 2. The van der Waals surface area contributed by atoms with E-state index in [1.165, 1.54) is 0 Å². The molecule has 0 fully saturated rings. The molecule has 0 saturated heterocycles. The van der Waals surface area contributed by atoms with Gasteiger partial charge in [-0.15, -0.1) is 0 Å². The first kappa shape index (κ1) is 116. The Labute approximate surface area is 747 Å². The molecule has 46 heteroatoms. The number of hydrogen-bond acceptors (Lipinski definition) is 34. The van der Waals surface area contributed by atoms with Gasteiger partial charge < -0.3 is 147 Å². The highest BCUT2D eigenvalue weighted by molar-refractivity contribution is 6.13. The predicted octanol–water partition coefficient (Wildman–Crippen LogP) is -3.54. The van der Waals surface area contributed by atoms with Gasteiger partial charge in [0.25, 0.3) is 23.6 Å². The molecule has 4 atom stereocenters. The average molecular weight is 1840 g/mol. The summed E-state index contributed by atoms with van der Waals surface area (Å²) >= 11 is 0. The minimum Gasteiger partial charge on any atom is -0.481 e. The lowest BCUT2D eigenvalue weighted by atomic mass is 10.0. The van der Waals surface area contributed by atoms with Crippen LogP contribution in [0.15, 0.2) is 24.3 Å². The van der Waals surface area contributed by atoms with Crippen molar-refractivity contribution in [1.82, 2.24) is 52.3 Å². The second kappa shape index (κ2) is 81.9. The summed E-state index contributed by atoms with van der Waals surface area (Å²) in [6.07, 6.45) is 2.14. The molecule has 46 nitrogen and oxygen atoms in total. The SMILES string of the molecule is COCCOCCOCCOCCOCCOCCOCCOCCOCCOCC(=O)NCCCC[C@H](NC(=O)[C@@H](NC(=O)CCCN1C(=O)C=CC1=O)[C@@H](NC(=O)CCCN1C(=O)C=CC1=O)C(=O)N[C@@H](CCCCNC(=O)COCCOCCOCCOCCOCCOCCOCCOCCOCCOC)C(=O)NCCCC(=O)O)C(=O)NCCCC(=O)O. The molecule has 12 amide bonds. The van der Waals surface area contributed by atoms with Gasteiger partial charge in [-0.25, -0.2) is 0 Å². The summed E-state index contributed by atoms with van der Waals surface area (Å²) in [4.78, 5) is 186. The lowest BCUT2D eigenvalue weighted by Gasteiger charge is -2.30. The molecule has 2 aliphatic rings. The van der Waals surface area contributed by atoms with Gasteiger partial charge in [0, 0.05) is 103 Å². The molecular formula is C82H140N10O36. The Morgan fingerprint density at radius 1 is 0.266 bits per heavy atom. The van der Waals surface area contributed by atoms with Crippen molar-refractivity contribution in [2.45, 2.75) is 114 Å². The third kappa shape index (κ3) is 66.1. The smallest absolute Gasteiger partial charge is 0.303 e. The van der Waals surface area contributed by atoms with Crippen molar-refractivity contribution in [1.29, 1.82) is 0 Å². The minimum atomic E-state index is -2.18. The topological polar surface area (TPSA) is 567 Å². The molecule has 0 aromatic rings. The fourth-order valence-electron chi connectivity index (χ4n) is 11.0. The van der Waals surface area contributed by atoms with Crippen LogP contribution >= 0.6 is 0 Å². The minimum absolute atomic E-state index is 0.0455. The molecule has 0 radical (unpaired) electrons. The Hall–Kier alpha value is -8.34. The number of rotatable bonds is 93. The van der Waals surface area contributed by atoms with Crippen LogP contribution in [0.4, 0.5) is 0 Å². The van der Waals surface area contributed by atoms with Crippen molar-refractivity contribution in [2.75, 3.05) is 305 Å². The van der Waals surface area contributed by atoms with Crippen molar-refractivity contribution >= 4 is 82.8 Å². The molecule has 128 heavy (non-hydrogen) atoms. The fourth-order valence-corrected chi connectivity index (χ4v) is 11.0. The van der Waals surface area contributed by atoms with Gasteiger partial charge in [0.15, 0.2) is 0 Å². The summed E-state index contributed by atoms with van der Waals surface area (Å²) in [6.45, 7) is 12.1. The molecule has 0 unspecified atom stereocenters. The highest BCUT2D eigenvalue weighted by Crippen LogP contribution is 2.12. The molecule has 734 valence electrons. The lowest BCUT2D eigenvalue weighted by Crippen LogP contribution is -2.66. The quantitative estimate of drug-likeness (QED) is 0.0208. The molecule has 0 bridgehead atoms. The van der Waals surface area contributed by atoms with E-state index in [1.807, 2.05) is 0 Å². The molecule has 2 heterocycles. The first-order valence-corrected chi connectivity index (χ1v) is 43.4. The average Bonchev–Trinajstić information content (AvgIpc) is 1.26. The molecule has 0 aromatic carbocycles. The molecular weight excluding hydrogens is 1700 g/mol. The van der Waals surface area contributed by atoms with E-state index in [0.29, 0.717) is 185 Å². The Morgan fingerprint density at radius 3 is 0.727 bits per heavy atom. The zero-order valence-electron chi connectivity index (χ0n) is 74.3. The number of unbranched alkanes of at least 4 members (excludes halogenated alkanes) is 2. The standard InChI is InChI=1S/C82H140N10O36/c1-109-27-29-111-31-33-113-35-37-115-39-41-117-43-45-119-47-49-121-51-53-123-55-57-125-59-61-127-63-69(95)83-21-5-3-11-65(79(105)85-23-7-15-75(101)102)87-81(107)77(89-67(93)13-9-25-91-71(97)17-18-72(91)98)78(90-68(94)14-10-26-92-73(99)19-20-74(92)100)82(108)88-66(80(106)86-24-8-16-76(103)104)12-4-6-22-84-70(96)64-128-62-60-126-58-56-124-54-52-122-50-48-120-46-44-118-42-40-116-38-36-114-34-32-112-30-28-110-2/h17-20,65-66,77-78H,3-16,21-64H2,1-2H3,(H,83,95)(H,84,96)(H,85,105)(H,86,106)(H,87,107)(H,88,108)(H,89,93)(H,90,94)(H,101,102)(H,103,104)/t65-,66-,77-,78+/m0/s1. The number of imide groups is 2. The van der Waals surface area contributed by atoms with Crippen LogP contribution in [0.1, 0.15) is 89.9 Å². The normalized spacial score (nSPS) is 13.4. The largest absolute Gasteiger partial charge is 0.481 e. The Balaban J connectivity index is 2.04. The van der Waals surface area contributed by atoms with Crippen LogP contribution in [0.3, 0.4) is 0 Å². The first-order valence-electron chi connectivity index (χ1n) is 43.4. The third-order valence-electron chi connectivity index (χ3n) is 17.7. The van der Waals surface area contributed by atoms with Crippen molar-refractivity contribution in [3.05, 3.63) is 24.3 Å². The van der Waals surface area contributed by atoms with E-state index in [2.05, 4.69) is 42.5 Å². The lowest BCUT2D eigenvalue weighted by molar-refractivity contribution is -0.139. The first-order chi connectivity index (χ1) is 62.3. The number of carbonyl (C=O) groups is 14. The molecule has 0 spiro atoms. The number of carboxylic acid groups (broad SMARTS) is 2.